The maximum atomic E-state index is 12.6. The number of pyridine rings is 1. The summed E-state index contributed by atoms with van der Waals surface area (Å²) in [5.74, 6) is 0.0495. The van der Waals surface area contributed by atoms with Gasteiger partial charge in [0.25, 0.3) is 11.5 Å². The van der Waals surface area contributed by atoms with Gasteiger partial charge in [0.05, 0.1) is 7.11 Å². The van der Waals surface area contributed by atoms with Crippen LogP contribution in [0.25, 0.3) is 0 Å². The van der Waals surface area contributed by atoms with E-state index in [4.69, 9.17) is 4.74 Å². The molecule has 1 amide bonds. The number of piperazine rings is 1. The van der Waals surface area contributed by atoms with E-state index in [1.54, 1.807) is 11.0 Å². The molecule has 1 aromatic rings. The summed E-state index contributed by atoms with van der Waals surface area (Å²) in [6.45, 7) is 5.36. The number of aromatic amines is 1. The van der Waals surface area contributed by atoms with Crippen molar-refractivity contribution < 1.29 is 9.53 Å². The summed E-state index contributed by atoms with van der Waals surface area (Å²) in [7, 11) is 3.51. The highest BCUT2D eigenvalue weighted by Gasteiger charge is 2.32. The second-order valence-electron chi connectivity index (χ2n) is 5.32. The minimum absolute atomic E-state index is 0.0824. The Labute approximate surface area is 118 Å². The molecule has 0 unspecified atom stereocenters. The van der Waals surface area contributed by atoms with Gasteiger partial charge in [-0.25, -0.2) is 0 Å². The van der Waals surface area contributed by atoms with Gasteiger partial charge in [-0.15, -0.1) is 0 Å². The number of methoxy groups -OCH3 is 1. The van der Waals surface area contributed by atoms with Crippen LogP contribution in [0.1, 0.15) is 24.2 Å². The van der Waals surface area contributed by atoms with Crippen molar-refractivity contribution in [3.63, 3.8) is 0 Å². The highest BCUT2D eigenvalue weighted by molar-refractivity contribution is 5.96. The highest BCUT2D eigenvalue weighted by Crippen LogP contribution is 2.19. The first-order chi connectivity index (χ1) is 9.45. The van der Waals surface area contributed by atoms with Crippen LogP contribution in [0.4, 0.5) is 0 Å². The molecule has 1 fully saturated rings. The average molecular weight is 279 g/mol. The standard InChI is InChI=1S/C14H21N3O3/c1-9-7-17(8-10(2)16(9)3)14(19)12-11(20-4)5-6-15-13(12)18/h5-6,9-10H,7-8H2,1-4H3,(H,15,18)/t9-,10+. The number of ether oxygens (including phenoxy) is 1. The van der Waals surface area contributed by atoms with Crippen molar-refractivity contribution in [2.24, 2.45) is 0 Å². The van der Waals surface area contributed by atoms with Gasteiger partial charge in [-0.2, -0.15) is 0 Å². The van der Waals surface area contributed by atoms with Crippen LogP contribution in [0.5, 0.6) is 5.75 Å². The average Bonchev–Trinajstić information content (AvgIpc) is 2.43. The maximum Gasteiger partial charge on any atom is 0.264 e. The third-order valence-electron chi connectivity index (χ3n) is 4.00. The van der Waals surface area contributed by atoms with Gasteiger partial charge < -0.3 is 14.6 Å². The van der Waals surface area contributed by atoms with E-state index in [1.807, 2.05) is 7.05 Å². The molecule has 0 spiro atoms. The van der Waals surface area contributed by atoms with Gasteiger partial charge in [0, 0.05) is 31.4 Å². The topological polar surface area (TPSA) is 65.6 Å². The monoisotopic (exact) mass is 279 g/mol. The van der Waals surface area contributed by atoms with Gasteiger partial charge in [-0.1, -0.05) is 0 Å². The molecule has 0 saturated carbocycles. The molecule has 0 bridgehead atoms. The molecule has 20 heavy (non-hydrogen) atoms. The van der Waals surface area contributed by atoms with E-state index in [9.17, 15) is 9.59 Å². The molecule has 6 nitrogen and oxygen atoms in total. The van der Waals surface area contributed by atoms with Crippen LogP contribution < -0.4 is 10.3 Å². The summed E-state index contributed by atoms with van der Waals surface area (Å²) in [5.41, 5.74) is -0.326. The molecule has 0 aliphatic carbocycles. The summed E-state index contributed by atoms with van der Waals surface area (Å²) < 4.78 is 5.13. The number of nitrogens with one attached hydrogen (secondary N) is 1. The van der Waals surface area contributed by atoms with Gasteiger partial charge in [0.15, 0.2) is 0 Å². The largest absolute Gasteiger partial charge is 0.496 e. The van der Waals surface area contributed by atoms with Crippen LogP contribution in [-0.4, -0.2) is 60.0 Å². The molecule has 2 atom stereocenters. The van der Waals surface area contributed by atoms with Gasteiger partial charge in [-0.05, 0) is 27.0 Å². The predicted molar refractivity (Wildman–Crippen MR) is 76.2 cm³/mol. The molecule has 1 saturated heterocycles. The molecule has 2 heterocycles. The Morgan fingerprint density at radius 2 is 1.95 bits per heavy atom. The summed E-state index contributed by atoms with van der Waals surface area (Å²) in [6, 6.07) is 2.12. The van der Waals surface area contributed by atoms with Crippen molar-refractivity contribution in [2.75, 3.05) is 27.2 Å². The summed E-state index contributed by atoms with van der Waals surface area (Å²) in [4.78, 5) is 31.0. The maximum absolute atomic E-state index is 12.6. The van der Waals surface area contributed by atoms with E-state index in [0.29, 0.717) is 18.8 Å². The van der Waals surface area contributed by atoms with Crippen molar-refractivity contribution in [3.05, 3.63) is 28.2 Å². The number of H-pyrrole nitrogens is 1. The SMILES string of the molecule is COc1cc[nH]c(=O)c1C(=O)N1C[C@@H](C)N(C)[C@@H](C)C1. The lowest BCUT2D eigenvalue weighted by atomic mass is 10.1. The van der Waals surface area contributed by atoms with E-state index < -0.39 is 5.56 Å². The van der Waals surface area contributed by atoms with Crippen LogP contribution in [0, 0.1) is 0 Å². The van der Waals surface area contributed by atoms with E-state index >= 15 is 0 Å². The normalized spacial score (nSPS) is 23.7. The molecule has 0 radical (unpaired) electrons. The van der Waals surface area contributed by atoms with Crippen molar-refractivity contribution >= 4 is 5.91 Å². The Morgan fingerprint density at radius 1 is 1.35 bits per heavy atom. The number of amides is 1. The highest BCUT2D eigenvalue weighted by atomic mass is 16.5. The summed E-state index contributed by atoms with van der Waals surface area (Å²) in [5, 5.41) is 0. The van der Waals surface area contributed by atoms with Crippen molar-refractivity contribution in [1.82, 2.24) is 14.8 Å². The Hall–Kier alpha value is -1.82. The molecule has 2 rings (SSSR count). The number of carbonyl (C=O) groups is 1. The van der Waals surface area contributed by atoms with E-state index in [1.165, 1.54) is 13.3 Å². The summed E-state index contributed by atoms with van der Waals surface area (Å²) in [6.07, 6.45) is 1.48. The van der Waals surface area contributed by atoms with Gasteiger partial charge in [0.2, 0.25) is 0 Å². The quantitative estimate of drug-likeness (QED) is 0.858. The fourth-order valence-electron chi connectivity index (χ4n) is 2.56. The number of carbonyl (C=O) groups excluding carboxylic acids is 1. The van der Waals surface area contributed by atoms with Gasteiger partial charge in [-0.3, -0.25) is 14.5 Å². The van der Waals surface area contributed by atoms with Gasteiger partial charge >= 0.3 is 0 Å². The van der Waals surface area contributed by atoms with Crippen molar-refractivity contribution in [2.45, 2.75) is 25.9 Å². The van der Waals surface area contributed by atoms with E-state index in [2.05, 4.69) is 23.7 Å². The molecule has 110 valence electrons. The molecule has 1 aromatic heterocycles. The minimum atomic E-state index is -0.409. The number of hydrogen-bond acceptors (Lipinski definition) is 4. The van der Waals surface area contributed by atoms with Crippen molar-refractivity contribution in [3.8, 4) is 5.75 Å². The first kappa shape index (κ1) is 14.6. The Balaban J connectivity index is 2.31. The number of aromatic nitrogens is 1. The van der Waals surface area contributed by atoms with Crippen LogP contribution in [0.3, 0.4) is 0 Å². The van der Waals surface area contributed by atoms with Crippen LogP contribution in [-0.2, 0) is 0 Å². The smallest absolute Gasteiger partial charge is 0.264 e. The molecule has 1 aliphatic heterocycles. The number of likely N-dealkylation sites (N-methyl/N-ethyl adjacent to an activating group) is 1. The molecule has 1 N–H and O–H groups in total. The van der Waals surface area contributed by atoms with E-state index in [-0.39, 0.29) is 23.6 Å². The molecule has 6 heteroatoms. The predicted octanol–water partition coefficient (Wildman–Crippen LogP) is 0.548. The lowest BCUT2D eigenvalue weighted by Crippen LogP contribution is -2.56. The first-order valence-electron chi connectivity index (χ1n) is 6.72. The lowest BCUT2D eigenvalue weighted by molar-refractivity contribution is 0.0410. The zero-order chi connectivity index (χ0) is 14.9. The Morgan fingerprint density at radius 3 is 2.50 bits per heavy atom. The molecular formula is C14H21N3O3. The third-order valence-corrected chi connectivity index (χ3v) is 4.00. The number of hydrogen-bond donors (Lipinski definition) is 1. The second-order valence-corrected chi connectivity index (χ2v) is 5.32. The fraction of sp³-hybridized carbons (Fsp3) is 0.571. The minimum Gasteiger partial charge on any atom is -0.496 e. The zero-order valence-corrected chi connectivity index (χ0v) is 12.3. The van der Waals surface area contributed by atoms with Crippen LogP contribution in [0.15, 0.2) is 17.1 Å². The Kier molecular flexibility index (Phi) is 4.13. The van der Waals surface area contributed by atoms with Gasteiger partial charge in [0.1, 0.15) is 11.3 Å². The number of nitrogens with zero attached hydrogens (tertiary/aromatic N) is 2. The lowest BCUT2D eigenvalue weighted by Gasteiger charge is -2.42. The molecule has 0 aromatic carbocycles. The molecular weight excluding hydrogens is 258 g/mol. The van der Waals surface area contributed by atoms with Crippen molar-refractivity contribution in [1.29, 1.82) is 0 Å². The summed E-state index contributed by atoms with van der Waals surface area (Å²) >= 11 is 0. The number of rotatable bonds is 2. The second kappa shape index (κ2) is 5.66. The molecule has 1 aliphatic rings. The Bertz CT molecular complexity index is 543. The third kappa shape index (κ3) is 2.56. The zero-order valence-electron chi connectivity index (χ0n) is 12.3. The van der Waals surface area contributed by atoms with Crippen LogP contribution in [0.2, 0.25) is 0 Å². The fourth-order valence-corrected chi connectivity index (χ4v) is 2.56. The first-order valence-corrected chi connectivity index (χ1v) is 6.72. The van der Waals surface area contributed by atoms with Crippen LogP contribution >= 0.6 is 0 Å². The van der Waals surface area contributed by atoms with E-state index in [0.717, 1.165) is 0 Å².